The lowest BCUT2D eigenvalue weighted by atomic mass is 10.1. The number of hydrogen-bond acceptors (Lipinski definition) is 6. The van der Waals surface area contributed by atoms with E-state index in [1.54, 1.807) is 26.4 Å². The van der Waals surface area contributed by atoms with Crippen LogP contribution in [0.15, 0.2) is 36.4 Å². The Labute approximate surface area is 192 Å². The van der Waals surface area contributed by atoms with E-state index in [4.69, 9.17) is 14.2 Å². The number of benzene rings is 2. The van der Waals surface area contributed by atoms with Crippen molar-refractivity contribution in [3.63, 3.8) is 0 Å². The molecule has 2 N–H and O–H groups in total. The molecule has 0 unspecified atom stereocenters. The molecule has 4 amide bonds. The number of rotatable bonds is 8. The summed E-state index contributed by atoms with van der Waals surface area (Å²) in [6.07, 6.45) is 1.40. The van der Waals surface area contributed by atoms with Crippen LogP contribution in [0.1, 0.15) is 35.6 Å². The molecular weight excluding hydrogens is 426 g/mol. The fourth-order valence-corrected chi connectivity index (χ4v) is 4.39. The largest absolute Gasteiger partial charge is 0.496 e. The van der Waals surface area contributed by atoms with Gasteiger partial charge in [0.2, 0.25) is 5.91 Å². The first-order valence-electron chi connectivity index (χ1n) is 10.7. The van der Waals surface area contributed by atoms with Crippen molar-refractivity contribution in [2.75, 3.05) is 21.3 Å². The highest BCUT2D eigenvalue weighted by atomic mass is 16.5. The number of nitrogens with one attached hydrogen (secondary N) is 2. The fourth-order valence-electron chi connectivity index (χ4n) is 4.39. The van der Waals surface area contributed by atoms with Gasteiger partial charge in [-0.1, -0.05) is 18.2 Å². The molecule has 0 spiro atoms. The minimum atomic E-state index is -0.904. The summed E-state index contributed by atoms with van der Waals surface area (Å²) in [6, 6.07) is 9.37. The molecule has 33 heavy (non-hydrogen) atoms. The van der Waals surface area contributed by atoms with Gasteiger partial charge in [-0.25, -0.2) is 4.79 Å². The van der Waals surface area contributed by atoms with Crippen LogP contribution in [0.5, 0.6) is 17.2 Å². The van der Waals surface area contributed by atoms with E-state index in [1.165, 1.54) is 7.11 Å². The van der Waals surface area contributed by atoms with Gasteiger partial charge in [0.05, 0.1) is 40.3 Å². The average molecular weight is 453 g/mol. The third-order valence-electron chi connectivity index (χ3n) is 6.08. The fraction of sp³-hybridized carbons (Fsp3) is 0.375. The van der Waals surface area contributed by atoms with Crippen LogP contribution >= 0.6 is 0 Å². The van der Waals surface area contributed by atoms with E-state index in [2.05, 4.69) is 10.6 Å². The third kappa shape index (κ3) is 4.44. The number of aryl methyl sites for hydroxylation is 1. The smallest absolute Gasteiger partial charge is 0.325 e. The zero-order chi connectivity index (χ0) is 23.5. The first kappa shape index (κ1) is 22.4. The number of amides is 4. The number of urea groups is 1. The number of nitrogens with zero attached hydrogens (tertiary/aromatic N) is 1. The molecule has 2 aromatic carbocycles. The summed E-state index contributed by atoms with van der Waals surface area (Å²) in [5.41, 5.74) is 2.77. The number of carbonyl (C=O) groups excluding carboxylic acids is 3. The molecule has 0 aromatic heterocycles. The monoisotopic (exact) mass is 453 g/mol. The van der Waals surface area contributed by atoms with Crippen LogP contribution in [0.25, 0.3) is 0 Å². The van der Waals surface area contributed by atoms with Crippen LogP contribution in [-0.4, -0.2) is 50.1 Å². The Hall–Kier alpha value is -3.75. The lowest BCUT2D eigenvalue weighted by Crippen LogP contribution is -2.37. The first-order valence-corrected chi connectivity index (χ1v) is 10.7. The molecule has 9 heteroatoms. The highest BCUT2D eigenvalue weighted by molar-refractivity contribution is 6.05. The van der Waals surface area contributed by atoms with E-state index >= 15 is 0 Å². The summed E-state index contributed by atoms with van der Waals surface area (Å²) >= 11 is 0. The summed E-state index contributed by atoms with van der Waals surface area (Å²) in [6.45, 7) is 0.0738. The molecule has 1 fully saturated rings. The first-order chi connectivity index (χ1) is 15.9. The van der Waals surface area contributed by atoms with Crippen LogP contribution in [-0.2, 0) is 22.6 Å². The zero-order valence-corrected chi connectivity index (χ0v) is 18.8. The maximum atomic E-state index is 12.8. The summed E-state index contributed by atoms with van der Waals surface area (Å²) < 4.78 is 16.0. The van der Waals surface area contributed by atoms with Crippen molar-refractivity contribution in [2.45, 2.75) is 37.9 Å². The predicted octanol–water partition coefficient (Wildman–Crippen LogP) is 2.33. The second-order valence-corrected chi connectivity index (χ2v) is 8.01. The lowest BCUT2D eigenvalue weighted by molar-refractivity contribution is -0.131. The summed E-state index contributed by atoms with van der Waals surface area (Å²) in [5, 5.41) is 5.61. The van der Waals surface area contributed by atoms with Gasteiger partial charge >= 0.3 is 6.03 Å². The third-order valence-corrected chi connectivity index (χ3v) is 6.08. The van der Waals surface area contributed by atoms with Crippen molar-refractivity contribution in [2.24, 2.45) is 0 Å². The van der Waals surface area contributed by atoms with Gasteiger partial charge < -0.3 is 24.8 Å². The van der Waals surface area contributed by atoms with Gasteiger partial charge in [-0.2, -0.15) is 0 Å². The molecule has 1 aliphatic carbocycles. The summed E-state index contributed by atoms with van der Waals surface area (Å²) in [5.74, 6) is 1.10. The van der Waals surface area contributed by atoms with E-state index in [-0.39, 0.29) is 24.9 Å². The highest BCUT2D eigenvalue weighted by Gasteiger charge is 2.39. The van der Waals surface area contributed by atoms with Crippen LogP contribution < -0.4 is 24.8 Å². The van der Waals surface area contributed by atoms with Gasteiger partial charge in [0.25, 0.3) is 5.91 Å². The van der Waals surface area contributed by atoms with Crippen molar-refractivity contribution >= 4 is 17.8 Å². The van der Waals surface area contributed by atoms with Crippen molar-refractivity contribution in [3.8, 4) is 17.2 Å². The Morgan fingerprint density at radius 2 is 1.76 bits per heavy atom. The molecule has 2 atom stereocenters. The molecule has 2 aromatic rings. The molecule has 0 saturated carbocycles. The van der Waals surface area contributed by atoms with Crippen molar-refractivity contribution in [3.05, 3.63) is 53.1 Å². The Morgan fingerprint density at radius 3 is 2.48 bits per heavy atom. The summed E-state index contributed by atoms with van der Waals surface area (Å²) in [4.78, 5) is 39.1. The van der Waals surface area contributed by atoms with Gasteiger partial charge in [0.15, 0.2) is 11.5 Å². The van der Waals surface area contributed by atoms with Gasteiger partial charge in [0, 0.05) is 5.56 Å². The van der Waals surface area contributed by atoms with Crippen LogP contribution in [0.4, 0.5) is 4.79 Å². The molecule has 0 radical (unpaired) electrons. The molecular formula is C24H27N3O6. The molecule has 1 aliphatic heterocycles. The molecule has 1 heterocycles. The number of fused-ring (bicyclic) bond motifs is 1. The maximum Gasteiger partial charge on any atom is 0.325 e. The average Bonchev–Trinajstić information content (AvgIpc) is 3.33. The molecule has 2 aliphatic rings. The number of hydrogen-bond donors (Lipinski definition) is 2. The number of para-hydroxylation sites is 1. The molecule has 0 bridgehead atoms. The Kier molecular flexibility index (Phi) is 6.39. The maximum absolute atomic E-state index is 12.8. The highest BCUT2D eigenvalue weighted by Crippen LogP contribution is 2.39. The molecule has 1 saturated heterocycles. The number of carbonyl (C=O) groups is 3. The SMILES string of the molecule is COc1ccccc1CN1C(=O)N[C@@H](CC(=O)N[C@H]2CCc3cc(OC)c(OC)cc32)C1=O. The molecule has 174 valence electrons. The number of ether oxygens (including phenoxy) is 3. The van der Waals surface area contributed by atoms with E-state index < -0.39 is 18.0 Å². The molecule has 4 rings (SSSR count). The van der Waals surface area contributed by atoms with Crippen LogP contribution in [0.2, 0.25) is 0 Å². The van der Waals surface area contributed by atoms with E-state index in [0.29, 0.717) is 22.8 Å². The summed E-state index contributed by atoms with van der Waals surface area (Å²) in [7, 11) is 4.69. The minimum Gasteiger partial charge on any atom is -0.496 e. The Balaban J connectivity index is 1.40. The van der Waals surface area contributed by atoms with Gasteiger partial charge in [-0.05, 0) is 42.2 Å². The second kappa shape index (κ2) is 9.40. The molecule has 9 nitrogen and oxygen atoms in total. The van der Waals surface area contributed by atoms with Gasteiger partial charge in [0.1, 0.15) is 11.8 Å². The van der Waals surface area contributed by atoms with Crippen LogP contribution in [0, 0.1) is 0 Å². The lowest BCUT2D eigenvalue weighted by Gasteiger charge is -2.17. The number of imide groups is 1. The Morgan fingerprint density at radius 1 is 1.06 bits per heavy atom. The normalized spacial score (nSPS) is 19.2. The van der Waals surface area contributed by atoms with Crippen LogP contribution in [0.3, 0.4) is 0 Å². The standard InChI is InChI=1S/C24H27N3O6/c1-31-19-7-5-4-6-15(19)13-27-23(29)18(26-24(27)30)12-22(28)25-17-9-8-14-10-20(32-2)21(33-3)11-16(14)17/h4-7,10-11,17-18H,8-9,12-13H2,1-3H3,(H,25,28)(H,26,30)/t17-,18-/m0/s1. The van der Waals surface area contributed by atoms with Crippen molar-refractivity contribution in [1.82, 2.24) is 15.5 Å². The van der Waals surface area contributed by atoms with E-state index in [9.17, 15) is 14.4 Å². The topological polar surface area (TPSA) is 106 Å². The predicted molar refractivity (Wildman–Crippen MR) is 119 cm³/mol. The van der Waals surface area contributed by atoms with Gasteiger partial charge in [-0.15, -0.1) is 0 Å². The zero-order valence-electron chi connectivity index (χ0n) is 18.8. The second-order valence-electron chi connectivity index (χ2n) is 8.01. The minimum absolute atomic E-state index is 0.0738. The van der Waals surface area contributed by atoms with Crippen molar-refractivity contribution in [1.29, 1.82) is 0 Å². The van der Waals surface area contributed by atoms with Crippen molar-refractivity contribution < 1.29 is 28.6 Å². The van der Waals surface area contributed by atoms with E-state index in [0.717, 1.165) is 28.9 Å². The number of methoxy groups -OCH3 is 3. The van der Waals surface area contributed by atoms with E-state index in [1.807, 2.05) is 24.3 Å². The quantitative estimate of drug-likeness (QED) is 0.595. The Bertz CT molecular complexity index is 1090. The van der Waals surface area contributed by atoms with Gasteiger partial charge in [-0.3, -0.25) is 14.5 Å².